The molecule has 43 heavy (non-hydrogen) atoms. The van der Waals surface area contributed by atoms with E-state index in [1.54, 1.807) is 12.2 Å². The van der Waals surface area contributed by atoms with E-state index in [1.807, 2.05) is 30.4 Å². The molecule has 0 fully saturated rings. The molecule has 4 rings (SSSR count). The Bertz CT molecular complexity index is 1660. The van der Waals surface area contributed by atoms with Crippen molar-refractivity contribution >= 4 is 16.7 Å². The van der Waals surface area contributed by atoms with Crippen LogP contribution in [-0.4, -0.2) is 0 Å². The molecule has 0 saturated carbocycles. The molecule has 2 aromatic rings. The van der Waals surface area contributed by atoms with Crippen molar-refractivity contribution < 1.29 is 0 Å². The molecule has 0 unspecified atom stereocenters. The van der Waals surface area contributed by atoms with E-state index < -0.39 is 0 Å². The van der Waals surface area contributed by atoms with Crippen molar-refractivity contribution in [2.24, 2.45) is 0 Å². The summed E-state index contributed by atoms with van der Waals surface area (Å²) in [7, 11) is 0. The van der Waals surface area contributed by atoms with Crippen LogP contribution in [0.5, 0.6) is 0 Å². The molecule has 0 aromatic heterocycles. The van der Waals surface area contributed by atoms with Crippen LogP contribution in [0.1, 0.15) is 49.3 Å². The zero-order valence-corrected chi connectivity index (χ0v) is 25.5. The molecule has 0 saturated heterocycles. The summed E-state index contributed by atoms with van der Waals surface area (Å²) in [6.07, 6.45) is 29.0. The van der Waals surface area contributed by atoms with Gasteiger partial charge in [-0.3, -0.25) is 0 Å². The summed E-state index contributed by atoms with van der Waals surface area (Å²) in [5, 5.41) is 0. The monoisotopic (exact) mass is 558 g/mol. The van der Waals surface area contributed by atoms with E-state index in [9.17, 15) is 0 Å². The third kappa shape index (κ3) is 6.93. The second-order valence-electron chi connectivity index (χ2n) is 10.4. The molecule has 0 heteroatoms. The average molecular weight is 559 g/mol. The second kappa shape index (κ2) is 15.3. The van der Waals surface area contributed by atoms with Gasteiger partial charge in [0.15, 0.2) is 0 Å². The first-order valence-corrected chi connectivity index (χ1v) is 15.0. The summed E-state index contributed by atoms with van der Waals surface area (Å²) in [4.78, 5) is 0. The fourth-order valence-corrected chi connectivity index (χ4v) is 5.91. The molecule has 0 bridgehead atoms. The van der Waals surface area contributed by atoms with Gasteiger partial charge in [0.1, 0.15) is 0 Å². The summed E-state index contributed by atoms with van der Waals surface area (Å²) in [5.41, 5.74) is 13.7. The van der Waals surface area contributed by atoms with Gasteiger partial charge in [0.05, 0.1) is 0 Å². The highest BCUT2D eigenvalue weighted by Gasteiger charge is 2.23. The summed E-state index contributed by atoms with van der Waals surface area (Å²) in [6.45, 7) is 22.7. The maximum Gasteiger partial charge on any atom is -0.0102 e. The van der Waals surface area contributed by atoms with Crippen molar-refractivity contribution in [3.8, 4) is 0 Å². The summed E-state index contributed by atoms with van der Waals surface area (Å²) in [6, 6.07) is 19.5. The lowest BCUT2D eigenvalue weighted by Gasteiger charge is -2.25. The van der Waals surface area contributed by atoms with Gasteiger partial charge in [-0.1, -0.05) is 160 Å². The van der Waals surface area contributed by atoms with Crippen molar-refractivity contribution in [2.75, 3.05) is 0 Å². The number of benzene rings is 2. The van der Waals surface area contributed by atoms with E-state index in [0.717, 1.165) is 53.5 Å². The molecule has 0 N–H and O–H groups in total. The van der Waals surface area contributed by atoms with Crippen LogP contribution in [0.3, 0.4) is 0 Å². The first-order valence-electron chi connectivity index (χ1n) is 15.0. The van der Waals surface area contributed by atoms with E-state index in [-0.39, 0.29) is 0 Å². The van der Waals surface area contributed by atoms with E-state index >= 15 is 0 Å². The molecule has 0 aliphatic heterocycles. The summed E-state index contributed by atoms with van der Waals surface area (Å²) in [5.74, 6) is 0. The van der Waals surface area contributed by atoms with Gasteiger partial charge in [-0.15, -0.1) is 0 Å². The van der Waals surface area contributed by atoms with Crippen LogP contribution in [0.15, 0.2) is 194 Å². The van der Waals surface area contributed by atoms with Crippen molar-refractivity contribution in [1.29, 1.82) is 0 Å². The molecule has 2 aromatic carbocycles. The molecule has 214 valence electrons. The van der Waals surface area contributed by atoms with Gasteiger partial charge < -0.3 is 0 Å². The van der Waals surface area contributed by atoms with E-state index in [2.05, 4.69) is 125 Å². The summed E-state index contributed by atoms with van der Waals surface area (Å²) < 4.78 is 0. The van der Waals surface area contributed by atoms with Crippen molar-refractivity contribution in [2.45, 2.75) is 32.6 Å². The van der Waals surface area contributed by atoms with E-state index in [0.29, 0.717) is 0 Å². The Hall–Kier alpha value is -4.94. The predicted octanol–water partition coefficient (Wildman–Crippen LogP) is 12.1. The normalized spacial score (nSPS) is 16.3. The Kier molecular flexibility index (Phi) is 11.1. The molecule has 2 aliphatic rings. The van der Waals surface area contributed by atoms with Crippen LogP contribution >= 0.6 is 0 Å². The molecule has 0 nitrogen and oxygen atoms in total. The maximum atomic E-state index is 4.34. The maximum absolute atomic E-state index is 4.34. The lowest BCUT2D eigenvalue weighted by molar-refractivity contribution is 1.02. The minimum absolute atomic E-state index is 0.874. The Morgan fingerprint density at radius 2 is 1.26 bits per heavy atom. The molecular formula is C43H42. The minimum atomic E-state index is 0.874. The minimum Gasteiger partial charge on any atom is -0.0991 e. The predicted molar refractivity (Wildman–Crippen MR) is 191 cm³/mol. The third-order valence-electron chi connectivity index (χ3n) is 7.82. The molecule has 2 aliphatic carbocycles. The van der Waals surface area contributed by atoms with Crippen LogP contribution in [0.4, 0.5) is 0 Å². The zero-order chi connectivity index (χ0) is 30.6. The van der Waals surface area contributed by atoms with Gasteiger partial charge in [-0.25, -0.2) is 0 Å². The van der Waals surface area contributed by atoms with Crippen LogP contribution in [-0.2, 0) is 0 Å². The Morgan fingerprint density at radius 1 is 0.651 bits per heavy atom. The van der Waals surface area contributed by atoms with Crippen LogP contribution in [0.2, 0.25) is 0 Å². The third-order valence-corrected chi connectivity index (χ3v) is 7.82. The topological polar surface area (TPSA) is 0 Å². The Morgan fingerprint density at radius 3 is 1.86 bits per heavy atom. The zero-order valence-electron chi connectivity index (χ0n) is 25.5. The summed E-state index contributed by atoms with van der Waals surface area (Å²) >= 11 is 0. The highest BCUT2D eigenvalue weighted by atomic mass is 14.3. The van der Waals surface area contributed by atoms with Crippen LogP contribution < -0.4 is 0 Å². The van der Waals surface area contributed by atoms with Gasteiger partial charge in [-0.05, 0) is 99.5 Å². The van der Waals surface area contributed by atoms with Crippen LogP contribution in [0.25, 0.3) is 16.7 Å². The standard InChI is InChI=1S/C43H42/c1-7-12-23-32(6)37(22-8-2)35(10-4)34(9-3)36(11-5)39-27-18-19-29-41(39)43-31-21-20-30-42(43)40-28-17-16-26-38(40)33-24-14-13-15-25-33/h7-15,20-31H,1-3,5-6,16-19H2,4H3/b23-12-,35-10-,36-34-,37-22-. The van der Waals surface area contributed by atoms with E-state index in [1.165, 1.54) is 39.0 Å². The molecule has 0 amide bonds. The molecule has 0 atom stereocenters. The number of hydrogen-bond donors (Lipinski definition) is 0. The van der Waals surface area contributed by atoms with Gasteiger partial charge in [0.25, 0.3) is 0 Å². The van der Waals surface area contributed by atoms with Gasteiger partial charge in [0, 0.05) is 0 Å². The second-order valence-corrected chi connectivity index (χ2v) is 10.4. The van der Waals surface area contributed by atoms with Gasteiger partial charge in [-0.2, -0.15) is 0 Å². The Labute approximate surface area is 259 Å². The molecule has 0 radical (unpaired) electrons. The lowest BCUT2D eigenvalue weighted by Crippen LogP contribution is -2.06. The quantitative estimate of drug-likeness (QED) is 0.227. The van der Waals surface area contributed by atoms with E-state index in [4.69, 9.17) is 0 Å². The number of rotatable bonds is 12. The highest BCUT2D eigenvalue weighted by Crippen LogP contribution is 2.43. The van der Waals surface area contributed by atoms with Gasteiger partial charge in [0.2, 0.25) is 0 Å². The number of allylic oxidation sites excluding steroid dienone is 21. The molecule has 0 spiro atoms. The Balaban J connectivity index is 1.87. The van der Waals surface area contributed by atoms with Crippen LogP contribution in [0, 0.1) is 0 Å². The smallest absolute Gasteiger partial charge is 0.0102 e. The molecule has 0 heterocycles. The SMILES string of the molecule is C=C/C=C\C(=C)C(=C/C=C)/C(=C\C)C(/C=C)=C(/C=C)C1=CCCC=C1c1ccccc1C1=CCCC=C1c1ccccc1. The van der Waals surface area contributed by atoms with Crippen molar-refractivity contribution in [1.82, 2.24) is 0 Å². The molecular weight excluding hydrogens is 516 g/mol. The fraction of sp³-hybridized carbons (Fsp3) is 0.116. The van der Waals surface area contributed by atoms with Crippen molar-refractivity contribution in [3.63, 3.8) is 0 Å². The first kappa shape index (κ1) is 31.0. The lowest BCUT2D eigenvalue weighted by atomic mass is 9.78. The average Bonchev–Trinajstić information content (AvgIpc) is 3.07. The first-order chi connectivity index (χ1) is 21.1. The fourth-order valence-electron chi connectivity index (χ4n) is 5.91. The van der Waals surface area contributed by atoms with Gasteiger partial charge >= 0.3 is 0 Å². The highest BCUT2D eigenvalue weighted by molar-refractivity contribution is 6.08. The van der Waals surface area contributed by atoms with Crippen molar-refractivity contribution in [3.05, 3.63) is 211 Å². The number of hydrogen-bond acceptors (Lipinski definition) is 0. The largest absolute Gasteiger partial charge is 0.0991 e.